The van der Waals surface area contributed by atoms with Gasteiger partial charge in [0.15, 0.2) is 4.84 Å². The predicted octanol–water partition coefficient (Wildman–Crippen LogP) is 2.44. The number of hydrogen-bond donors (Lipinski definition) is 2. The Hall–Kier alpha value is -2.13. The topological polar surface area (TPSA) is 86.0 Å². The van der Waals surface area contributed by atoms with Crippen LogP contribution in [0.2, 0.25) is 0 Å². The average molecular weight is 364 g/mol. The lowest BCUT2D eigenvalue weighted by Gasteiger charge is -2.17. The maximum absolute atomic E-state index is 11.5. The van der Waals surface area contributed by atoms with Gasteiger partial charge < -0.3 is 10.4 Å². The fourth-order valence-corrected chi connectivity index (χ4v) is 2.30. The van der Waals surface area contributed by atoms with Gasteiger partial charge in [-0.1, -0.05) is 47.5 Å². The van der Waals surface area contributed by atoms with Crippen LogP contribution in [0.5, 0.6) is 0 Å². The highest BCUT2D eigenvalue weighted by molar-refractivity contribution is 6.53. The smallest absolute Gasteiger partial charge is 0.253 e. The van der Waals surface area contributed by atoms with Crippen LogP contribution in [0.4, 0.5) is 0 Å². The zero-order valence-electron chi connectivity index (χ0n) is 12.6. The summed E-state index contributed by atoms with van der Waals surface area (Å²) in [5, 5.41) is 20.7. The molecule has 1 aromatic carbocycles. The number of alkyl halides is 2. The van der Waals surface area contributed by atoms with Gasteiger partial charge in [-0.25, -0.2) is 4.98 Å². The van der Waals surface area contributed by atoms with Gasteiger partial charge in [0.25, 0.3) is 5.91 Å². The molecule has 24 heavy (non-hydrogen) atoms. The van der Waals surface area contributed by atoms with Gasteiger partial charge in [0.2, 0.25) is 0 Å². The van der Waals surface area contributed by atoms with E-state index in [1.807, 2.05) is 36.4 Å². The van der Waals surface area contributed by atoms with Crippen LogP contribution in [-0.4, -0.2) is 33.5 Å². The van der Waals surface area contributed by atoms with Crippen molar-refractivity contribution in [2.45, 2.75) is 17.3 Å². The molecule has 0 bridgehead atoms. The van der Waals surface area contributed by atoms with Crippen molar-refractivity contribution in [3.05, 3.63) is 53.9 Å². The van der Waals surface area contributed by atoms with E-state index in [1.165, 1.54) is 0 Å². The Kier molecular flexibility index (Phi) is 6.56. The second-order valence-corrected chi connectivity index (χ2v) is 6.23. The Morgan fingerprint density at radius 3 is 2.38 bits per heavy atom. The minimum Gasteiger partial charge on any atom is -0.394 e. The highest BCUT2D eigenvalue weighted by Crippen LogP contribution is 2.19. The maximum Gasteiger partial charge on any atom is 0.253 e. The lowest BCUT2D eigenvalue weighted by Crippen LogP contribution is -2.41. The summed E-state index contributed by atoms with van der Waals surface area (Å²) in [5.74, 6) is -0.530. The van der Waals surface area contributed by atoms with Crippen molar-refractivity contribution in [3.63, 3.8) is 0 Å². The first-order valence-electron chi connectivity index (χ1n) is 7.18. The number of hydrogen-bond acceptors (Lipinski definition) is 4. The summed E-state index contributed by atoms with van der Waals surface area (Å²) in [6.45, 7) is -0.215. The van der Waals surface area contributed by atoms with Gasteiger partial charge in [-0.15, -0.1) is 0 Å². The molecular formula is C17H15Cl2N3O2. The zero-order chi connectivity index (χ0) is 17.5. The van der Waals surface area contributed by atoms with Gasteiger partial charge in [0, 0.05) is 11.8 Å². The Labute approximate surface area is 149 Å². The van der Waals surface area contributed by atoms with Crippen molar-refractivity contribution in [1.29, 1.82) is 5.26 Å². The van der Waals surface area contributed by atoms with Crippen molar-refractivity contribution in [2.75, 3.05) is 6.61 Å². The van der Waals surface area contributed by atoms with Crippen molar-refractivity contribution < 1.29 is 9.90 Å². The van der Waals surface area contributed by atoms with Crippen LogP contribution < -0.4 is 5.32 Å². The SMILES string of the molecule is N#Cc1ccc(-c2ccc(CC(CO)NC(=O)C(Cl)Cl)cc2)cn1. The molecule has 0 spiro atoms. The van der Waals surface area contributed by atoms with E-state index < -0.39 is 16.8 Å². The van der Waals surface area contributed by atoms with Crippen LogP contribution in [0.15, 0.2) is 42.6 Å². The second kappa shape index (κ2) is 8.65. The molecule has 1 amide bonds. The molecule has 7 heteroatoms. The highest BCUT2D eigenvalue weighted by Gasteiger charge is 2.17. The summed E-state index contributed by atoms with van der Waals surface area (Å²) >= 11 is 11.0. The highest BCUT2D eigenvalue weighted by atomic mass is 35.5. The third-order valence-corrected chi connectivity index (χ3v) is 3.81. The summed E-state index contributed by atoms with van der Waals surface area (Å²) in [4.78, 5) is 14.4. The lowest BCUT2D eigenvalue weighted by molar-refractivity contribution is -0.120. The number of benzene rings is 1. The quantitative estimate of drug-likeness (QED) is 0.771. The van der Waals surface area contributed by atoms with Gasteiger partial charge in [-0.2, -0.15) is 5.26 Å². The molecule has 0 aliphatic rings. The minimum absolute atomic E-state index is 0.215. The third kappa shape index (κ3) is 4.93. The first-order chi connectivity index (χ1) is 11.5. The third-order valence-electron chi connectivity index (χ3n) is 3.41. The molecule has 0 fully saturated rings. The molecule has 0 aliphatic carbocycles. The van der Waals surface area contributed by atoms with Crippen LogP contribution in [0, 0.1) is 11.3 Å². The minimum atomic E-state index is -1.16. The van der Waals surface area contributed by atoms with Gasteiger partial charge >= 0.3 is 0 Å². The van der Waals surface area contributed by atoms with E-state index in [4.69, 9.17) is 28.5 Å². The van der Waals surface area contributed by atoms with E-state index >= 15 is 0 Å². The van der Waals surface area contributed by atoms with E-state index in [0.717, 1.165) is 16.7 Å². The van der Waals surface area contributed by atoms with E-state index in [0.29, 0.717) is 12.1 Å². The number of nitrogens with one attached hydrogen (secondary N) is 1. The number of aliphatic hydroxyl groups is 1. The number of rotatable bonds is 6. The van der Waals surface area contributed by atoms with Crippen LogP contribution >= 0.6 is 23.2 Å². The van der Waals surface area contributed by atoms with Crippen LogP contribution in [0.1, 0.15) is 11.3 Å². The van der Waals surface area contributed by atoms with Gasteiger partial charge in [-0.3, -0.25) is 4.79 Å². The van der Waals surface area contributed by atoms with Crippen LogP contribution in [0.25, 0.3) is 11.1 Å². The number of carbonyl (C=O) groups excluding carboxylic acids is 1. The number of aliphatic hydroxyl groups excluding tert-OH is 1. The molecule has 5 nitrogen and oxygen atoms in total. The van der Waals surface area contributed by atoms with E-state index in [-0.39, 0.29) is 6.61 Å². The fourth-order valence-electron chi connectivity index (χ4n) is 2.17. The fraction of sp³-hybridized carbons (Fsp3) is 0.235. The lowest BCUT2D eigenvalue weighted by atomic mass is 10.0. The molecule has 124 valence electrons. The van der Waals surface area contributed by atoms with E-state index in [2.05, 4.69) is 10.3 Å². The maximum atomic E-state index is 11.5. The van der Waals surface area contributed by atoms with Crippen molar-refractivity contribution in [1.82, 2.24) is 10.3 Å². The average Bonchev–Trinajstić information content (AvgIpc) is 2.61. The van der Waals surface area contributed by atoms with Gasteiger partial charge in [0.05, 0.1) is 12.6 Å². The van der Waals surface area contributed by atoms with Crippen molar-refractivity contribution in [2.24, 2.45) is 0 Å². The first-order valence-corrected chi connectivity index (χ1v) is 8.05. The Bertz CT molecular complexity index is 725. The largest absolute Gasteiger partial charge is 0.394 e. The molecular weight excluding hydrogens is 349 g/mol. The molecule has 0 radical (unpaired) electrons. The van der Waals surface area contributed by atoms with E-state index in [1.54, 1.807) is 12.3 Å². The normalized spacial score (nSPS) is 11.8. The molecule has 0 saturated heterocycles. The molecule has 2 rings (SSSR count). The Balaban J connectivity index is 2.05. The number of amides is 1. The van der Waals surface area contributed by atoms with Crippen molar-refractivity contribution in [3.8, 4) is 17.2 Å². The monoisotopic (exact) mass is 363 g/mol. The van der Waals surface area contributed by atoms with E-state index in [9.17, 15) is 9.90 Å². The van der Waals surface area contributed by atoms with Crippen LogP contribution in [-0.2, 0) is 11.2 Å². The number of pyridine rings is 1. The molecule has 0 aliphatic heterocycles. The summed E-state index contributed by atoms with van der Waals surface area (Å²) < 4.78 is 0. The summed E-state index contributed by atoms with van der Waals surface area (Å²) in [6.07, 6.45) is 2.10. The molecule has 1 unspecified atom stereocenters. The molecule has 1 atom stereocenters. The van der Waals surface area contributed by atoms with Crippen LogP contribution in [0.3, 0.4) is 0 Å². The predicted molar refractivity (Wildman–Crippen MR) is 92.6 cm³/mol. The summed E-state index contributed by atoms with van der Waals surface area (Å²) in [6, 6.07) is 12.7. The van der Waals surface area contributed by atoms with Gasteiger partial charge in [0.1, 0.15) is 11.8 Å². The standard InChI is InChI=1S/C17H15Cl2N3O2/c18-16(19)17(24)22-15(10-23)7-11-1-3-12(4-2-11)13-5-6-14(8-20)21-9-13/h1-6,9,15-16,23H,7,10H2,(H,22,24). The molecule has 2 aromatic rings. The Morgan fingerprint density at radius 1 is 1.21 bits per heavy atom. The van der Waals surface area contributed by atoms with Crippen molar-refractivity contribution >= 4 is 29.1 Å². The molecule has 1 heterocycles. The first kappa shape index (κ1) is 18.2. The number of halogens is 2. The zero-order valence-corrected chi connectivity index (χ0v) is 14.1. The molecule has 2 N–H and O–H groups in total. The summed E-state index contributed by atoms with van der Waals surface area (Å²) in [7, 11) is 0. The second-order valence-electron chi connectivity index (χ2n) is 5.13. The number of carbonyl (C=O) groups is 1. The van der Waals surface area contributed by atoms with Gasteiger partial charge in [-0.05, 0) is 29.7 Å². The Morgan fingerprint density at radius 2 is 1.88 bits per heavy atom. The molecule has 0 saturated carbocycles. The summed E-state index contributed by atoms with van der Waals surface area (Å²) in [5.41, 5.74) is 3.18. The number of nitrogens with zero attached hydrogens (tertiary/aromatic N) is 2. The molecule has 1 aromatic heterocycles. The number of nitriles is 1. The number of aromatic nitrogens is 1.